The number of para-hydroxylation sites is 1. The van der Waals surface area contributed by atoms with Gasteiger partial charge < -0.3 is 9.64 Å². The van der Waals surface area contributed by atoms with Crippen molar-refractivity contribution in [1.82, 2.24) is 0 Å². The number of hydrogen-bond donors (Lipinski definition) is 1. The molecule has 0 aliphatic carbocycles. The lowest BCUT2D eigenvalue weighted by molar-refractivity contribution is -0.887. The van der Waals surface area contributed by atoms with Crippen molar-refractivity contribution in [2.24, 2.45) is 0 Å². The van der Waals surface area contributed by atoms with Crippen molar-refractivity contribution in [2.45, 2.75) is 12.8 Å². The molecule has 2 nitrogen and oxygen atoms in total. The number of hydrogen-bond acceptors (Lipinski definition) is 1. The molecule has 0 bridgehead atoms. The molecule has 0 aromatic heterocycles. The third-order valence-electron chi connectivity index (χ3n) is 2.93. The second kappa shape index (κ2) is 5.76. The molecule has 16 heavy (non-hydrogen) atoms. The lowest BCUT2D eigenvalue weighted by Crippen LogP contribution is -3.10. The van der Waals surface area contributed by atoms with Crippen molar-refractivity contribution in [3.63, 3.8) is 0 Å². The topological polar surface area (TPSA) is 13.7 Å². The predicted molar refractivity (Wildman–Crippen MR) is 66.8 cm³/mol. The smallest absolute Gasteiger partial charge is 0.156 e. The SMILES string of the molecule is Clc1cccc(Cl)c1OCC[NH+]1CCCC1. The van der Waals surface area contributed by atoms with Gasteiger partial charge in [0.05, 0.1) is 23.1 Å². The summed E-state index contributed by atoms with van der Waals surface area (Å²) in [6.45, 7) is 4.24. The summed E-state index contributed by atoms with van der Waals surface area (Å²) >= 11 is 12.0. The summed E-state index contributed by atoms with van der Waals surface area (Å²) in [5.74, 6) is 0.615. The van der Waals surface area contributed by atoms with E-state index in [4.69, 9.17) is 27.9 Å². The first kappa shape index (κ1) is 12.0. The summed E-state index contributed by atoms with van der Waals surface area (Å²) in [6, 6.07) is 5.42. The van der Waals surface area contributed by atoms with Gasteiger partial charge in [-0.05, 0) is 12.1 Å². The molecule has 0 radical (unpaired) electrons. The minimum atomic E-state index is 0.587. The van der Waals surface area contributed by atoms with E-state index in [1.807, 2.05) is 6.07 Å². The van der Waals surface area contributed by atoms with Crippen molar-refractivity contribution in [1.29, 1.82) is 0 Å². The average molecular weight is 261 g/mol. The fourth-order valence-electron chi connectivity index (χ4n) is 2.04. The molecule has 4 heteroatoms. The summed E-state index contributed by atoms with van der Waals surface area (Å²) in [6.07, 6.45) is 2.67. The van der Waals surface area contributed by atoms with Gasteiger partial charge in [-0.2, -0.15) is 0 Å². The van der Waals surface area contributed by atoms with Crippen LogP contribution in [0.4, 0.5) is 0 Å². The molecule has 0 atom stereocenters. The van der Waals surface area contributed by atoms with Gasteiger partial charge in [0.25, 0.3) is 0 Å². The largest absolute Gasteiger partial charge is 0.485 e. The molecular formula is C12H16Cl2NO+. The Morgan fingerprint density at radius 2 is 1.75 bits per heavy atom. The molecule has 1 aromatic carbocycles. The minimum Gasteiger partial charge on any atom is -0.485 e. The Labute approximate surface area is 106 Å². The van der Waals surface area contributed by atoms with Gasteiger partial charge in [-0.3, -0.25) is 0 Å². The van der Waals surface area contributed by atoms with Crippen LogP contribution in [-0.4, -0.2) is 26.2 Å². The van der Waals surface area contributed by atoms with Crippen molar-refractivity contribution in [2.75, 3.05) is 26.2 Å². The summed E-state index contributed by atoms with van der Waals surface area (Å²) in [5.41, 5.74) is 0. The third kappa shape index (κ3) is 3.03. The Morgan fingerprint density at radius 3 is 2.38 bits per heavy atom. The Hall–Kier alpha value is -0.440. The standard InChI is InChI=1S/C12H15Cl2NO/c13-10-4-3-5-11(14)12(10)16-9-8-15-6-1-2-7-15/h3-5H,1-2,6-9H2/p+1. The summed E-state index contributed by atoms with van der Waals surface area (Å²) < 4.78 is 5.64. The fraction of sp³-hybridized carbons (Fsp3) is 0.500. The summed E-state index contributed by atoms with van der Waals surface area (Å²) in [5, 5.41) is 1.17. The quantitative estimate of drug-likeness (QED) is 0.875. The minimum absolute atomic E-state index is 0.587. The first-order valence-electron chi connectivity index (χ1n) is 5.68. The Bertz CT molecular complexity index is 331. The second-order valence-corrected chi connectivity index (χ2v) is 4.92. The molecule has 2 rings (SSSR count). The number of quaternary nitrogens is 1. The fourth-order valence-corrected chi connectivity index (χ4v) is 2.55. The van der Waals surface area contributed by atoms with E-state index in [2.05, 4.69) is 0 Å². The van der Waals surface area contributed by atoms with Gasteiger partial charge in [0.2, 0.25) is 0 Å². The Kier molecular flexibility index (Phi) is 4.33. The molecule has 1 heterocycles. The maximum Gasteiger partial charge on any atom is 0.156 e. The van der Waals surface area contributed by atoms with Gasteiger partial charge in [-0.15, -0.1) is 0 Å². The summed E-state index contributed by atoms with van der Waals surface area (Å²) in [4.78, 5) is 1.61. The first-order valence-corrected chi connectivity index (χ1v) is 6.43. The molecule has 0 saturated carbocycles. The normalized spacial score (nSPS) is 16.6. The van der Waals surface area contributed by atoms with Crippen LogP contribution in [0.1, 0.15) is 12.8 Å². The van der Waals surface area contributed by atoms with Crippen LogP contribution in [0.2, 0.25) is 10.0 Å². The van der Waals surface area contributed by atoms with Crippen LogP contribution in [0.3, 0.4) is 0 Å². The highest BCUT2D eigenvalue weighted by atomic mass is 35.5. The van der Waals surface area contributed by atoms with E-state index in [1.54, 1.807) is 17.0 Å². The van der Waals surface area contributed by atoms with Crippen LogP contribution < -0.4 is 9.64 Å². The van der Waals surface area contributed by atoms with Crippen molar-refractivity contribution in [3.8, 4) is 5.75 Å². The van der Waals surface area contributed by atoms with E-state index in [-0.39, 0.29) is 0 Å². The highest BCUT2D eigenvalue weighted by molar-refractivity contribution is 6.37. The van der Waals surface area contributed by atoms with Crippen LogP contribution in [0, 0.1) is 0 Å². The highest BCUT2D eigenvalue weighted by Crippen LogP contribution is 2.31. The van der Waals surface area contributed by atoms with Crippen molar-refractivity contribution < 1.29 is 9.64 Å². The van der Waals surface area contributed by atoms with Gasteiger partial charge in [0, 0.05) is 12.8 Å². The molecule has 0 unspecified atom stereocenters. The van der Waals surface area contributed by atoms with E-state index in [0.717, 1.165) is 6.54 Å². The molecule has 1 aliphatic rings. The van der Waals surface area contributed by atoms with Gasteiger partial charge in [-0.1, -0.05) is 29.3 Å². The van der Waals surface area contributed by atoms with Gasteiger partial charge >= 0.3 is 0 Å². The average Bonchev–Trinajstić information content (AvgIpc) is 2.75. The molecule has 0 spiro atoms. The van der Waals surface area contributed by atoms with E-state index >= 15 is 0 Å². The van der Waals surface area contributed by atoms with Crippen LogP contribution in [-0.2, 0) is 0 Å². The predicted octanol–water partition coefficient (Wildman–Crippen LogP) is 2.05. The van der Waals surface area contributed by atoms with E-state index in [0.29, 0.717) is 22.4 Å². The number of halogens is 2. The molecule has 0 amide bonds. The highest BCUT2D eigenvalue weighted by Gasteiger charge is 2.15. The van der Waals surface area contributed by atoms with Gasteiger partial charge in [0.1, 0.15) is 13.2 Å². The molecule has 88 valence electrons. The van der Waals surface area contributed by atoms with Gasteiger partial charge in [0.15, 0.2) is 5.75 Å². The molecule has 1 aliphatic heterocycles. The van der Waals surface area contributed by atoms with Gasteiger partial charge in [-0.25, -0.2) is 0 Å². The van der Waals surface area contributed by atoms with Crippen LogP contribution in [0.5, 0.6) is 5.75 Å². The monoisotopic (exact) mass is 260 g/mol. The lowest BCUT2D eigenvalue weighted by Gasteiger charge is -2.14. The number of nitrogens with one attached hydrogen (secondary N) is 1. The molecule has 1 saturated heterocycles. The molecular weight excluding hydrogens is 245 g/mol. The third-order valence-corrected chi connectivity index (χ3v) is 3.53. The zero-order valence-corrected chi connectivity index (χ0v) is 10.7. The Balaban J connectivity index is 1.84. The molecule has 1 N–H and O–H groups in total. The van der Waals surface area contributed by atoms with Crippen LogP contribution in [0.15, 0.2) is 18.2 Å². The second-order valence-electron chi connectivity index (χ2n) is 4.11. The number of rotatable bonds is 4. The maximum atomic E-state index is 6.01. The number of likely N-dealkylation sites (tertiary alicyclic amines) is 1. The number of benzene rings is 1. The molecule has 1 fully saturated rings. The summed E-state index contributed by atoms with van der Waals surface area (Å²) in [7, 11) is 0. The Morgan fingerprint density at radius 1 is 1.12 bits per heavy atom. The number of ether oxygens (including phenoxy) is 1. The van der Waals surface area contributed by atoms with Crippen molar-refractivity contribution in [3.05, 3.63) is 28.2 Å². The molecule has 1 aromatic rings. The maximum absolute atomic E-state index is 6.01. The van der Waals surface area contributed by atoms with E-state index in [1.165, 1.54) is 25.9 Å². The zero-order valence-electron chi connectivity index (χ0n) is 9.14. The first-order chi connectivity index (χ1) is 7.77. The van der Waals surface area contributed by atoms with Crippen LogP contribution in [0.25, 0.3) is 0 Å². The zero-order chi connectivity index (χ0) is 11.4. The van der Waals surface area contributed by atoms with E-state index < -0.39 is 0 Å². The lowest BCUT2D eigenvalue weighted by atomic mass is 10.3. The van der Waals surface area contributed by atoms with Crippen LogP contribution >= 0.6 is 23.2 Å². The van der Waals surface area contributed by atoms with E-state index in [9.17, 15) is 0 Å². The van der Waals surface area contributed by atoms with Crippen molar-refractivity contribution >= 4 is 23.2 Å².